The number of benzene rings is 2. The summed E-state index contributed by atoms with van der Waals surface area (Å²) in [5.41, 5.74) is 5.34. The molecule has 2 aliphatic rings. The molecule has 4 rings (SSSR count). The Bertz CT molecular complexity index is 1180. The molecule has 35 heavy (non-hydrogen) atoms. The van der Waals surface area contributed by atoms with E-state index < -0.39 is 4.75 Å². The Morgan fingerprint density at radius 3 is 2.63 bits per heavy atom. The van der Waals surface area contributed by atoms with Gasteiger partial charge in [0, 0.05) is 31.4 Å². The molecule has 2 aromatic carbocycles. The van der Waals surface area contributed by atoms with Crippen LogP contribution in [-0.4, -0.2) is 60.4 Å². The van der Waals surface area contributed by atoms with Crippen LogP contribution in [0.15, 0.2) is 46.5 Å². The number of amides is 1. The SMILES string of the molecule is CC/N=C(/c1ccc(OC)cc1OC)N1CCCc2cc(C3=NN(CC)C(=O)SC3(C)C)ccc21. The minimum Gasteiger partial charge on any atom is -0.497 e. The Labute approximate surface area is 212 Å². The molecule has 0 saturated carbocycles. The summed E-state index contributed by atoms with van der Waals surface area (Å²) in [6.45, 7) is 10.2. The summed E-state index contributed by atoms with van der Waals surface area (Å²) in [6, 6.07) is 12.4. The zero-order valence-electron chi connectivity index (χ0n) is 21.4. The summed E-state index contributed by atoms with van der Waals surface area (Å²) in [5, 5.41) is 6.29. The number of anilines is 1. The van der Waals surface area contributed by atoms with E-state index in [0.717, 1.165) is 59.2 Å². The monoisotopic (exact) mass is 494 g/mol. The van der Waals surface area contributed by atoms with Crippen molar-refractivity contribution in [3.63, 3.8) is 0 Å². The summed E-state index contributed by atoms with van der Waals surface area (Å²) < 4.78 is 10.7. The van der Waals surface area contributed by atoms with Gasteiger partial charge in [-0.3, -0.25) is 9.79 Å². The minimum absolute atomic E-state index is 0.000701. The van der Waals surface area contributed by atoms with E-state index in [1.54, 1.807) is 19.2 Å². The summed E-state index contributed by atoms with van der Waals surface area (Å²) in [7, 11) is 3.33. The van der Waals surface area contributed by atoms with Gasteiger partial charge in [-0.15, -0.1) is 0 Å². The van der Waals surface area contributed by atoms with Gasteiger partial charge in [0.25, 0.3) is 0 Å². The Morgan fingerprint density at radius 1 is 1.14 bits per heavy atom. The van der Waals surface area contributed by atoms with E-state index in [2.05, 4.69) is 36.9 Å². The normalized spacial score (nSPS) is 17.7. The third-order valence-corrected chi connectivity index (χ3v) is 7.42. The summed E-state index contributed by atoms with van der Waals surface area (Å²) in [5.74, 6) is 2.38. The van der Waals surface area contributed by atoms with Crippen molar-refractivity contribution in [2.75, 3.05) is 38.8 Å². The lowest BCUT2D eigenvalue weighted by Crippen LogP contribution is -2.41. The topological polar surface area (TPSA) is 66.7 Å². The van der Waals surface area contributed by atoms with E-state index >= 15 is 0 Å². The number of methoxy groups -OCH3 is 2. The highest BCUT2D eigenvalue weighted by atomic mass is 32.2. The number of carbonyl (C=O) groups is 1. The van der Waals surface area contributed by atoms with Gasteiger partial charge in [-0.25, -0.2) is 5.01 Å². The summed E-state index contributed by atoms with van der Waals surface area (Å²) >= 11 is 1.34. The van der Waals surface area contributed by atoms with Gasteiger partial charge in [-0.2, -0.15) is 5.10 Å². The van der Waals surface area contributed by atoms with Crippen LogP contribution in [0.2, 0.25) is 0 Å². The smallest absolute Gasteiger partial charge is 0.302 e. The molecule has 0 bridgehead atoms. The predicted molar refractivity (Wildman–Crippen MR) is 145 cm³/mol. The maximum atomic E-state index is 12.4. The maximum Gasteiger partial charge on any atom is 0.302 e. The Morgan fingerprint density at radius 2 is 1.94 bits per heavy atom. The highest BCUT2D eigenvalue weighted by Gasteiger charge is 2.37. The van der Waals surface area contributed by atoms with Gasteiger partial charge in [0.2, 0.25) is 0 Å². The minimum atomic E-state index is -0.392. The molecular formula is C27H34N4O3S. The van der Waals surface area contributed by atoms with E-state index in [9.17, 15) is 4.79 Å². The number of fused-ring (bicyclic) bond motifs is 1. The molecule has 0 spiro atoms. The lowest BCUT2D eigenvalue weighted by atomic mass is 9.93. The number of carbonyl (C=O) groups excluding carboxylic acids is 1. The quantitative estimate of drug-likeness (QED) is 0.387. The van der Waals surface area contributed by atoms with E-state index in [1.165, 1.54) is 17.3 Å². The zero-order valence-corrected chi connectivity index (χ0v) is 22.2. The number of hydrogen-bond acceptors (Lipinski definition) is 6. The number of ether oxygens (including phenoxy) is 2. The molecule has 0 unspecified atom stereocenters. The van der Waals surface area contributed by atoms with Gasteiger partial charge in [0.1, 0.15) is 17.3 Å². The number of aryl methyl sites for hydroxylation is 1. The van der Waals surface area contributed by atoms with Crippen LogP contribution in [-0.2, 0) is 6.42 Å². The van der Waals surface area contributed by atoms with Gasteiger partial charge < -0.3 is 14.4 Å². The fraction of sp³-hybridized carbons (Fsp3) is 0.444. The Hall–Kier alpha value is -3.00. The summed E-state index contributed by atoms with van der Waals surface area (Å²) in [6.07, 6.45) is 2.00. The third kappa shape index (κ3) is 4.89. The fourth-order valence-corrected chi connectivity index (χ4v) is 5.59. The molecule has 186 valence electrons. The van der Waals surface area contributed by atoms with Crippen molar-refractivity contribution in [3.8, 4) is 11.5 Å². The standard InChI is InChI=1S/C27H34N4O3S/c1-7-28-25(21-13-12-20(33-5)17-23(21)34-6)30-15-9-10-18-16-19(11-14-22(18)30)24-27(3,4)35-26(32)31(8-2)29-24/h11-14,16-17H,7-10,15H2,1-6H3/b28-25-. The highest BCUT2D eigenvalue weighted by Crippen LogP contribution is 2.38. The molecule has 0 atom stereocenters. The summed E-state index contributed by atoms with van der Waals surface area (Å²) in [4.78, 5) is 19.6. The largest absolute Gasteiger partial charge is 0.497 e. The van der Waals surface area contributed by atoms with Crippen molar-refractivity contribution >= 4 is 34.2 Å². The van der Waals surface area contributed by atoms with E-state index in [0.29, 0.717) is 13.1 Å². The molecule has 0 aromatic heterocycles. The van der Waals surface area contributed by atoms with E-state index in [1.807, 2.05) is 32.0 Å². The van der Waals surface area contributed by atoms with Crippen LogP contribution in [0.1, 0.15) is 50.8 Å². The first-order chi connectivity index (χ1) is 16.8. The molecule has 0 N–H and O–H groups in total. The van der Waals surface area contributed by atoms with Crippen LogP contribution in [0.5, 0.6) is 11.5 Å². The molecule has 7 nitrogen and oxygen atoms in total. The second-order valence-corrected chi connectivity index (χ2v) is 10.6. The Kier molecular flexibility index (Phi) is 7.40. The third-order valence-electron chi connectivity index (χ3n) is 6.33. The van der Waals surface area contributed by atoms with Crippen LogP contribution >= 0.6 is 11.8 Å². The number of amidine groups is 1. The van der Waals surface area contributed by atoms with Crippen LogP contribution in [0.3, 0.4) is 0 Å². The van der Waals surface area contributed by atoms with Crippen molar-refractivity contribution in [1.29, 1.82) is 0 Å². The average Bonchev–Trinajstić information content (AvgIpc) is 2.86. The maximum absolute atomic E-state index is 12.4. The van der Waals surface area contributed by atoms with Gasteiger partial charge >= 0.3 is 5.24 Å². The molecule has 2 aromatic rings. The van der Waals surface area contributed by atoms with Gasteiger partial charge in [0.05, 0.1) is 30.2 Å². The van der Waals surface area contributed by atoms with Crippen LogP contribution in [0, 0.1) is 0 Å². The van der Waals surface area contributed by atoms with E-state index in [4.69, 9.17) is 19.6 Å². The van der Waals surface area contributed by atoms with Gasteiger partial charge in [-0.1, -0.05) is 17.8 Å². The second kappa shape index (κ2) is 10.3. The lowest BCUT2D eigenvalue weighted by Gasteiger charge is -2.35. The number of hydrazone groups is 1. The molecule has 2 aliphatic heterocycles. The van der Waals surface area contributed by atoms with Crippen molar-refractivity contribution in [1.82, 2.24) is 5.01 Å². The molecule has 0 fully saturated rings. The number of aliphatic imine (C=N–C) groups is 1. The highest BCUT2D eigenvalue weighted by molar-refractivity contribution is 8.15. The molecule has 0 radical (unpaired) electrons. The molecule has 0 saturated heterocycles. The predicted octanol–water partition coefficient (Wildman–Crippen LogP) is 5.59. The van der Waals surface area contributed by atoms with Crippen molar-refractivity contribution in [3.05, 3.63) is 53.1 Å². The first-order valence-electron chi connectivity index (χ1n) is 12.1. The number of nitrogens with zero attached hydrogens (tertiary/aromatic N) is 4. The molecule has 0 aliphatic carbocycles. The first-order valence-corrected chi connectivity index (χ1v) is 12.9. The van der Waals surface area contributed by atoms with Crippen LogP contribution in [0.25, 0.3) is 0 Å². The Balaban J connectivity index is 1.76. The number of rotatable bonds is 6. The number of hydrogen-bond donors (Lipinski definition) is 0. The van der Waals surface area contributed by atoms with Gasteiger partial charge in [-0.05, 0) is 75.9 Å². The van der Waals surface area contributed by atoms with Crippen molar-refractivity contribution in [2.24, 2.45) is 10.1 Å². The lowest BCUT2D eigenvalue weighted by molar-refractivity contribution is 0.226. The van der Waals surface area contributed by atoms with E-state index in [-0.39, 0.29) is 5.24 Å². The molecule has 1 amide bonds. The van der Waals surface area contributed by atoms with Crippen molar-refractivity contribution < 1.29 is 14.3 Å². The zero-order chi connectivity index (χ0) is 25.2. The fourth-order valence-electron chi connectivity index (χ4n) is 4.62. The van der Waals surface area contributed by atoms with Crippen molar-refractivity contribution in [2.45, 2.75) is 45.3 Å². The second-order valence-electron chi connectivity index (χ2n) is 9.01. The average molecular weight is 495 g/mol. The molecular weight excluding hydrogens is 460 g/mol. The van der Waals surface area contributed by atoms with Gasteiger partial charge in [0.15, 0.2) is 0 Å². The number of thioether (sulfide) groups is 1. The van der Waals surface area contributed by atoms with Crippen LogP contribution < -0.4 is 14.4 Å². The molecule has 2 heterocycles. The van der Waals surface area contributed by atoms with Crippen LogP contribution in [0.4, 0.5) is 10.5 Å². The first kappa shape index (κ1) is 25.1. The molecule has 8 heteroatoms.